The van der Waals surface area contributed by atoms with Gasteiger partial charge in [-0.05, 0) is 51.0 Å². The Hall–Kier alpha value is -3.46. The highest BCUT2D eigenvalue weighted by molar-refractivity contribution is 7.17. The monoisotopic (exact) mass is 434 g/mol. The first-order chi connectivity index (χ1) is 14.3. The van der Waals surface area contributed by atoms with Crippen molar-refractivity contribution < 1.29 is 9.59 Å². The van der Waals surface area contributed by atoms with Crippen molar-refractivity contribution in [1.82, 2.24) is 0 Å². The van der Waals surface area contributed by atoms with Gasteiger partial charge in [-0.1, -0.05) is 12.1 Å². The average molecular weight is 435 g/mol. The Morgan fingerprint density at radius 2 is 1.13 bits per heavy atom. The topological polar surface area (TPSA) is 106 Å². The van der Waals surface area contributed by atoms with Gasteiger partial charge in [-0.2, -0.15) is 10.5 Å². The minimum atomic E-state index is -0.474. The SMILES string of the molecule is Cc1sc(NC(=O)c2ccccc2C(=O)Nc2sc(C)c(C)c2C#N)c(C#N)c1C. The summed E-state index contributed by atoms with van der Waals surface area (Å²) in [5.41, 5.74) is 2.89. The summed E-state index contributed by atoms with van der Waals surface area (Å²) in [5.74, 6) is -0.949. The maximum atomic E-state index is 12.9. The molecule has 8 heteroatoms. The molecule has 0 spiro atoms. The van der Waals surface area contributed by atoms with Crippen LogP contribution in [-0.2, 0) is 0 Å². The number of nitrogens with zero attached hydrogens (tertiary/aromatic N) is 2. The van der Waals surface area contributed by atoms with Crippen molar-refractivity contribution in [3.63, 3.8) is 0 Å². The second-order valence-electron chi connectivity index (χ2n) is 6.65. The molecule has 2 amide bonds. The molecule has 0 atom stereocenters. The van der Waals surface area contributed by atoms with Crippen LogP contribution in [0, 0.1) is 50.4 Å². The quantitative estimate of drug-likeness (QED) is 0.582. The third-order valence-corrected chi connectivity index (χ3v) is 7.11. The number of carbonyl (C=O) groups is 2. The van der Waals surface area contributed by atoms with Gasteiger partial charge in [0.05, 0.1) is 22.3 Å². The molecule has 0 saturated heterocycles. The molecule has 1 aromatic carbocycles. The molecule has 0 unspecified atom stereocenters. The molecular weight excluding hydrogens is 416 g/mol. The smallest absolute Gasteiger partial charge is 0.257 e. The molecule has 3 aromatic rings. The van der Waals surface area contributed by atoms with E-state index in [2.05, 4.69) is 22.8 Å². The van der Waals surface area contributed by atoms with Crippen LogP contribution in [0.4, 0.5) is 10.0 Å². The van der Waals surface area contributed by atoms with E-state index in [1.165, 1.54) is 22.7 Å². The molecule has 150 valence electrons. The third-order valence-electron chi connectivity index (χ3n) is 4.86. The Labute approximate surface area is 182 Å². The number of nitriles is 2. The molecule has 0 aliphatic heterocycles. The van der Waals surface area contributed by atoms with E-state index in [0.717, 1.165) is 20.9 Å². The van der Waals surface area contributed by atoms with E-state index in [-0.39, 0.29) is 11.1 Å². The van der Waals surface area contributed by atoms with Gasteiger partial charge in [0, 0.05) is 9.75 Å². The first kappa shape index (κ1) is 21.3. The number of benzene rings is 1. The van der Waals surface area contributed by atoms with Crippen molar-refractivity contribution in [2.45, 2.75) is 27.7 Å². The zero-order chi connectivity index (χ0) is 22.0. The molecule has 0 bridgehead atoms. The van der Waals surface area contributed by atoms with E-state index in [1.54, 1.807) is 24.3 Å². The first-order valence-electron chi connectivity index (χ1n) is 9.00. The fraction of sp³-hybridized carbons (Fsp3) is 0.182. The highest BCUT2D eigenvalue weighted by atomic mass is 32.1. The maximum Gasteiger partial charge on any atom is 0.257 e. The van der Waals surface area contributed by atoms with Crippen molar-refractivity contribution in [2.24, 2.45) is 0 Å². The number of aryl methyl sites for hydroxylation is 2. The molecule has 0 aliphatic rings. The minimum absolute atomic E-state index is 0.186. The van der Waals surface area contributed by atoms with Crippen LogP contribution in [0.15, 0.2) is 24.3 Å². The van der Waals surface area contributed by atoms with Crippen LogP contribution < -0.4 is 10.6 Å². The van der Waals surface area contributed by atoms with Crippen LogP contribution in [0.3, 0.4) is 0 Å². The van der Waals surface area contributed by atoms with E-state index in [0.29, 0.717) is 21.1 Å². The van der Waals surface area contributed by atoms with Gasteiger partial charge in [-0.25, -0.2) is 0 Å². The maximum absolute atomic E-state index is 12.9. The Morgan fingerprint density at radius 3 is 1.47 bits per heavy atom. The lowest BCUT2D eigenvalue weighted by Gasteiger charge is -2.10. The van der Waals surface area contributed by atoms with Gasteiger partial charge in [-0.15, -0.1) is 22.7 Å². The van der Waals surface area contributed by atoms with Gasteiger partial charge in [0.25, 0.3) is 11.8 Å². The highest BCUT2D eigenvalue weighted by Crippen LogP contribution is 2.33. The van der Waals surface area contributed by atoms with E-state index in [9.17, 15) is 20.1 Å². The second kappa shape index (κ2) is 8.50. The van der Waals surface area contributed by atoms with E-state index < -0.39 is 11.8 Å². The summed E-state index contributed by atoms with van der Waals surface area (Å²) in [6.07, 6.45) is 0. The molecule has 0 aliphatic carbocycles. The zero-order valence-corrected chi connectivity index (χ0v) is 18.5. The van der Waals surface area contributed by atoms with Crippen LogP contribution >= 0.6 is 22.7 Å². The van der Waals surface area contributed by atoms with Gasteiger partial charge in [-0.3, -0.25) is 9.59 Å². The van der Waals surface area contributed by atoms with Gasteiger partial charge in [0.1, 0.15) is 22.1 Å². The Bertz CT molecular complexity index is 1160. The fourth-order valence-electron chi connectivity index (χ4n) is 2.92. The highest BCUT2D eigenvalue weighted by Gasteiger charge is 2.22. The van der Waals surface area contributed by atoms with Crippen molar-refractivity contribution in [3.8, 4) is 12.1 Å². The minimum Gasteiger partial charge on any atom is -0.312 e. The number of hydrogen-bond donors (Lipinski definition) is 2. The molecule has 30 heavy (non-hydrogen) atoms. The number of rotatable bonds is 4. The predicted octanol–water partition coefficient (Wildman–Crippen LogP) is 5.29. The molecule has 2 heterocycles. The molecule has 0 radical (unpaired) electrons. The zero-order valence-electron chi connectivity index (χ0n) is 16.8. The summed E-state index contributed by atoms with van der Waals surface area (Å²) < 4.78 is 0. The van der Waals surface area contributed by atoms with Crippen LogP contribution in [0.2, 0.25) is 0 Å². The van der Waals surface area contributed by atoms with Crippen LogP contribution in [0.1, 0.15) is 52.7 Å². The fourth-order valence-corrected chi connectivity index (χ4v) is 4.93. The average Bonchev–Trinajstić information content (AvgIpc) is 3.15. The number of anilines is 2. The van der Waals surface area contributed by atoms with Crippen LogP contribution in [0.5, 0.6) is 0 Å². The van der Waals surface area contributed by atoms with E-state index in [1.807, 2.05) is 27.7 Å². The van der Waals surface area contributed by atoms with Gasteiger partial charge < -0.3 is 10.6 Å². The van der Waals surface area contributed by atoms with Crippen LogP contribution in [-0.4, -0.2) is 11.8 Å². The normalized spacial score (nSPS) is 10.2. The molecule has 0 fully saturated rings. The molecule has 2 aromatic heterocycles. The van der Waals surface area contributed by atoms with Crippen molar-refractivity contribution in [3.05, 3.63) is 67.4 Å². The molecule has 0 saturated carbocycles. The Balaban J connectivity index is 1.91. The standard InChI is InChI=1S/C22H18N4O2S2/c1-11-13(3)29-21(17(11)9-23)25-19(27)15-7-5-6-8-16(15)20(28)26-22-18(10-24)12(2)14(4)30-22/h5-8H,1-4H3,(H,25,27)(H,26,28). The number of amides is 2. The van der Waals surface area contributed by atoms with Gasteiger partial charge in [0.15, 0.2) is 0 Å². The Morgan fingerprint density at radius 1 is 0.767 bits per heavy atom. The van der Waals surface area contributed by atoms with Gasteiger partial charge in [0.2, 0.25) is 0 Å². The van der Waals surface area contributed by atoms with Crippen molar-refractivity contribution in [1.29, 1.82) is 10.5 Å². The number of nitrogens with one attached hydrogen (secondary N) is 2. The first-order valence-corrected chi connectivity index (χ1v) is 10.6. The van der Waals surface area contributed by atoms with E-state index >= 15 is 0 Å². The lowest BCUT2D eigenvalue weighted by atomic mass is 10.1. The molecular formula is C22H18N4O2S2. The third kappa shape index (κ3) is 3.84. The summed E-state index contributed by atoms with van der Waals surface area (Å²) in [7, 11) is 0. The predicted molar refractivity (Wildman–Crippen MR) is 119 cm³/mol. The van der Waals surface area contributed by atoms with Crippen LogP contribution in [0.25, 0.3) is 0 Å². The van der Waals surface area contributed by atoms with E-state index in [4.69, 9.17) is 0 Å². The largest absolute Gasteiger partial charge is 0.312 e. The van der Waals surface area contributed by atoms with Crippen molar-refractivity contribution >= 4 is 44.5 Å². The number of hydrogen-bond acceptors (Lipinski definition) is 6. The molecule has 3 rings (SSSR count). The molecule has 2 N–H and O–H groups in total. The second-order valence-corrected chi connectivity index (χ2v) is 9.10. The summed E-state index contributed by atoms with van der Waals surface area (Å²) in [6, 6.07) is 10.7. The number of thiophene rings is 2. The number of carbonyl (C=O) groups excluding carboxylic acids is 2. The van der Waals surface area contributed by atoms with Crippen molar-refractivity contribution in [2.75, 3.05) is 10.6 Å². The summed E-state index contributed by atoms with van der Waals surface area (Å²) in [4.78, 5) is 27.7. The molecule has 6 nitrogen and oxygen atoms in total. The lowest BCUT2D eigenvalue weighted by Crippen LogP contribution is -2.20. The summed E-state index contributed by atoms with van der Waals surface area (Å²) in [5, 5.41) is 25.2. The lowest BCUT2D eigenvalue weighted by molar-refractivity contribution is 0.0991. The Kier molecular flexibility index (Phi) is 6.02. The van der Waals surface area contributed by atoms with Gasteiger partial charge >= 0.3 is 0 Å². The summed E-state index contributed by atoms with van der Waals surface area (Å²) in [6.45, 7) is 7.43. The summed E-state index contributed by atoms with van der Waals surface area (Å²) >= 11 is 2.65.